The lowest BCUT2D eigenvalue weighted by molar-refractivity contribution is -0.130. The first kappa shape index (κ1) is 12.5. The lowest BCUT2D eigenvalue weighted by atomic mass is 10.3. The number of carbonyl (C=O) groups excluding carboxylic acids is 1. The number of nitrogens with zero attached hydrogens (tertiary/aromatic N) is 2. The van der Waals surface area contributed by atoms with Crippen LogP contribution in [0.5, 0.6) is 0 Å². The molecule has 0 aromatic carbocycles. The molecular formula is C10H15ClN2OS. The van der Waals surface area contributed by atoms with Gasteiger partial charge in [-0.25, -0.2) is 4.98 Å². The van der Waals surface area contributed by atoms with Gasteiger partial charge < -0.3 is 4.90 Å². The summed E-state index contributed by atoms with van der Waals surface area (Å²) in [6, 6.07) is 0. The maximum atomic E-state index is 11.6. The number of alkyl halides is 1. The molecular weight excluding hydrogens is 232 g/mol. The summed E-state index contributed by atoms with van der Waals surface area (Å²) in [5.74, 6) is 0.663. The zero-order valence-electron chi connectivity index (χ0n) is 8.99. The Bertz CT molecular complexity index is 327. The summed E-state index contributed by atoms with van der Waals surface area (Å²) >= 11 is 7.14. The number of hydrogen-bond acceptors (Lipinski definition) is 3. The number of aromatic nitrogens is 1. The molecule has 1 aromatic heterocycles. The van der Waals surface area contributed by atoms with E-state index in [0.717, 1.165) is 17.1 Å². The number of carbonyl (C=O) groups is 1. The molecule has 0 saturated heterocycles. The Hall–Kier alpha value is -0.610. The van der Waals surface area contributed by atoms with E-state index in [4.69, 9.17) is 11.6 Å². The van der Waals surface area contributed by atoms with Crippen LogP contribution < -0.4 is 0 Å². The highest BCUT2D eigenvalue weighted by Crippen LogP contribution is 2.10. The van der Waals surface area contributed by atoms with Crippen molar-refractivity contribution in [2.24, 2.45) is 0 Å². The molecule has 15 heavy (non-hydrogen) atoms. The van der Waals surface area contributed by atoms with Crippen LogP contribution in [0.3, 0.4) is 0 Å². The van der Waals surface area contributed by atoms with Gasteiger partial charge >= 0.3 is 0 Å². The van der Waals surface area contributed by atoms with E-state index in [1.807, 2.05) is 12.3 Å². The lowest BCUT2D eigenvalue weighted by Crippen LogP contribution is -2.26. The van der Waals surface area contributed by atoms with Crippen molar-refractivity contribution in [2.75, 3.05) is 12.9 Å². The Morgan fingerprint density at radius 3 is 2.93 bits per heavy atom. The molecule has 1 amide bonds. The average Bonchev–Trinajstić information content (AvgIpc) is 2.60. The number of rotatable bonds is 5. The second-order valence-corrected chi connectivity index (χ2v) is 4.84. The largest absolute Gasteiger partial charge is 0.340 e. The van der Waals surface area contributed by atoms with Gasteiger partial charge in [-0.3, -0.25) is 4.79 Å². The number of amides is 1. The molecule has 1 heterocycles. The fourth-order valence-electron chi connectivity index (χ4n) is 1.22. The van der Waals surface area contributed by atoms with Gasteiger partial charge in [-0.2, -0.15) is 0 Å². The van der Waals surface area contributed by atoms with Gasteiger partial charge in [0.2, 0.25) is 5.91 Å². The van der Waals surface area contributed by atoms with Crippen LogP contribution in [0.1, 0.15) is 23.5 Å². The summed E-state index contributed by atoms with van der Waals surface area (Å²) in [5, 5.41) is 3.02. The molecule has 0 spiro atoms. The van der Waals surface area contributed by atoms with Crippen molar-refractivity contribution < 1.29 is 4.79 Å². The summed E-state index contributed by atoms with van der Waals surface area (Å²) in [6.45, 7) is 2.55. The maximum Gasteiger partial charge on any atom is 0.222 e. The second-order valence-electron chi connectivity index (χ2n) is 3.40. The van der Waals surface area contributed by atoms with Crippen LogP contribution in [0.2, 0.25) is 0 Å². The quantitative estimate of drug-likeness (QED) is 0.748. The van der Waals surface area contributed by atoms with Gasteiger partial charge in [0.15, 0.2) is 0 Å². The SMILES string of the molecule is Cc1nc(CN(C)C(=O)CCCCl)cs1. The van der Waals surface area contributed by atoms with E-state index < -0.39 is 0 Å². The molecule has 5 heteroatoms. The van der Waals surface area contributed by atoms with Gasteiger partial charge in [-0.15, -0.1) is 22.9 Å². The predicted octanol–water partition coefficient (Wildman–Crippen LogP) is 2.43. The Kier molecular flexibility index (Phi) is 5.05. The normalized spacial score (nSPS) is 10.3. The topological polar surface area (TPSA) is 33.2 Å². The number of halogens is 1. The van der Waals surface area contributed by atoms with Crippen LogP contribution in [0.15, 0.2) is 5.38 Å². The number of thiazole rings is 1. The Labute approximate surface area is 99.1 Å². The molecule has 0 saturated carbocycles. The van der Waals surface area contributed by atoms with Crippen LogP contribution in [0.4, 0.5) is 0 Å². The van der Waals surface area contributed by atoms with E-state index in [1.54, 1.807) is 23.3 Å². The zero-order valence-corrected chi connectivity index (χ0v) is 10.6. The molecule has 0 fully saturated rings. The molecule has 0 unspecified atom stereocenters. The third kappa shape index (κ3) is 4.18. The molecule has 0 atom stereocenters. The molecule has 0 aliphatic carbocycles. The minimum Gasteiger partial charge on any atom is -0.340 e. The highest BCUT2D eigenvalue weighted by molar-refractivity contribution is 7.09. The highest BCUT2D eigenvalue weighted by atomic mass is 35.5. The third-order valence-electron chi connectivity index (χ3n) is 2.02. The van der Waals surface area contributed by atoms with E-state index in [0.29, 0.717) is 18.8 Å². The van der Waals surface area contributed by atoms with Gasteiger partial charge in [-0.05, 0) is 13.3 Å². The van der Waals surface area contributed by atoms with E-state index in [9.17, 15) is 4.79 Å². The molecule has 3 nitrogen and oxygen atoms in total. The summed E-state index contributed by atoms with van der Waals surface area (Å²) in [5.41, 5.74) is 0.958. The van der Waals surface area contributed by atoms with Gasteiger partial charge in [0.1, 0.15) is 0 Å². The van der Waals surface area contributed by atoms with Crippen LogP contribution >= 0.6 is 22.9 Å². The van der Waals surface area contributed by atoms with Crippen molar-refractivity contribution in [2.45, 2.75) is 26.3 Å². The molecule has 0 N–H and O–H groups in total. The van der Waals surface area contributed by atoms with Gasteiger partial charge in [0.25, 0.3) is 0 Å². The van der Waals surface area contributed by atoms with Gasteiger partial charge in [-0.1, -0.05) is 0 Å². The fraction of sp³-hybridized carbons (Fsp3) is 0.600. The van der Waals surface area contributed by atoms with Crippen molar-refractivity contribution in [1.82, 2.24) is 9.88 Å². The van der Waals surface area contributed by atoms with Crippen molar-refractivity contribution in [3.8, 4) is 0 Å². The van der Waals surface area contributed by atoms with Crippen LogP contribution in [-0.4, -0.2) is 28.7 Å². The van der Waals surface area contributed by atoms with E-state index in [1.165, 1.54) is 0 Å². The van der Waals surface area contributed by atoms with Crippen molar-refractivity contribution in [1.29, 1.82) is 0 Å². The first-order valence-corrected chi connectivity index (χ1v) is 6.26. The van der Waals surface area contributed by atoms with E-state index >= 15 is 0 Å². The fourth-order valence-corrected chi connectivity index (χ4v) is 1.96. The lowest BCUT2D eigenvalue weighted by Gasteiger charge is -2.15. The van der Waals surface area contributed by atoms with Crippen molar-refractivity contribution in [3.63, 3.8) is 0 Å². The summed E-state index contributed by atoms with van der Waals surface area (Å²) in [7, 11) is 1.80. The van der Waals surface area contributed by atoms with Crippen LogP contribution in [0, 0.1) is 6.92 Å². The first-order chi connectivity index (χ1) is 7.13. The molecule has 0 bridgehead atoms. The zero-order chi connectivity index (χ0) is 11.3. The highest BCUT2D eigenvalue weighted by Gasteiger charge is 2.09. The Morgan fingerprint density at radius 1 is 1.67 bits per heavy atom. The molecule has 0 aliphatic rings. The Balaban J connectivity index is 2.41. The number of aryl methyl sites for hydroxylation is 1. The van der Waals surface area contributed by atoms with E-state index in [2.05, 4.69) is 4.98 Å². The summed E-state index contributed by atoms with van der Waals surface area (Å²) in [4.78, 5) is 17.6. The molecule has 1 aromatic rings. The summed E-state index contributed by atoms with van der Waals surface area (Å²) < 4.78 is 0. The molecule has 0 aliphatic heterocycles. The van der Waals surface area contributed by atoms with Crippen LogP contribution in [-0.2, 0) is 11.3 Å². The Morgan fingerprint density at radius 2 is 2.40 bits per heavy atom. The van der Waals surface area contributed by atoms with Crippen molar-refractivity contribution in [3.05, 3.63) is 16.1 Å². The minimum atomic E-state index is 0.126. The first-order valence-electron chi connectivity index (χ1n) is 4.84. The molecule has 1 rings (SSSR count). The smallest absolute Gasteiger partial charge is 0.222 e. The maximum absolute atomic E-state index is 11.6. The summed E-state index contributed by atoms with van der Waals surface area (Å²) in [6.07, 6.45) is 1.25. The van der Waals surface area contributed by atoms with Gasteiger partial charge in [0.05, 0.1) is 17.2 Å². The molecule has 84 valence electrons. The van der Waals surface area contributed by atoms with Crippen LogP contribution in [0.25, 0.3) is 0 Å². The third-order valence-corrected chi connectivity index (χ3v) is 3.11. The minimum absolute atomic E-state index is 0.126. The standard InChI is InChI=1S/C10H15ClN2OS/c1-8-12-9(7-15-8)6-13(2)10(14)4-3-5-11/h7H,3-6H2,1-2H3. The number of hydrogen-bond donors (Lipinski definition) is 0. The average molecular weight is 247 g/mol. The monoisotopic (exact) mass is 246 g/mol. The second kappa shape index (κ2) is 6.08. The van der Waals surface area contributed by atoms with E-state index in [-0.39, 0.29) is 5.91 Å². The van der Waals surface area contributed by atoms with Crippen molar-refractivity contribution >= 4 is 28.8 Å². The predicted molar refractivity (Wildman–Crippen MR) is 63.3 cm³/mol. The molecule has 0 radical (unpaired) electrons. The van der Waals surface area contributed by atoms with Gasteiger partial charge in [0, 0.05) is 24.7 Å².